The van der Waals surface area contributed by atoms with Crippen LogP contribution in [0, 0.1) is 5.92 Å². The average molecular weight is 423 g/mol. The van der Waals surface area contributed by atoms with Gasteiger partial charge in [0.15, 0.2) is 0 Å². The number of aromatic nitrogens is 1. The Hall–Kier alpha value is -2.31. The Bertz CT molecular complexity index is 951. The van der Waals surface area contributed by atoms with Gasteiger partial charge in [-0.3, -0.25) is 9.69 Å². The van der Waals surface area contributed by atoms with Crippen molar-refractivity contribution in [3.05, 3.63) is 58.5 Å². The van der Waals surface area contributed by atoms with E-state index in [0.717, 1.165) is 58.1 Å². The number of piperidine rings is 1. The van der Waals surface area contributed by atoms with Gasteiger partial charge in [-0.15, -0.1) is 0 Å². The summed E-state index contributed by atoms with van der Waals surface area (Å²) in [5.41, 5.74) is 2.64. The Morgan fingerprint density at radius 3 is 2.55 bits per heavy atom. The molecule has 0 radical (unpaired) electrons. The molecule has 2 fully saturated rings. The minimum Gasteiger partial charge on any atom is -0.495 e. The molecule has 0 aliphatic carbocycles. The van der Waals surface area contributed by atoms with Crippen LogP contribution in [0.3, 0.4) is 0 Å². The van der Waals surface area contributed by atoms with Crippen LogP contribution in [0.2, 0.25) is 0 Å². The van der Waals surface area contributed by atoms with E-state index in [0.29, 0.717) is 11.8 Å². The highest BCUT2D eigenvalue weighted by Crippen LogP contribution is 2.35. The minimum absolute atomic E-state index is 0.174. The molecule has 1 aromatic carbocycles. The van der Waals surface area contributed by atoms with Crippen molar-refractivity contribution in [3.8, 4) is 5.75 Å². The molecule has 2 unspecified atom stereocenters. The summed E-state index contributed by atoms with van der Waals surface area (Å²) in [6, 6.07) is 14.1. The summed E-state index contributed by atoms with van der Waals surface area (Å²) < 4.78 is 7.56. The van der Waals surface area contributed by atoms with E-state index in [-0.39, 0.29) is 5.56 Å². The molecule has 2 atom stereocenters. The topological polar surface area (TPSA) is 41.0 Å². The minimum atomic E-state index is 0.174. The molecule has 166 valence electrons. The van der Waals surface area contributed by atoms with E-state index in [2.05, 4.69) is 32.9 Å². The number of nitrogens with zero attached hydrogens (tertiary/aromatic N) is 4. The van der Waals surface area contributed by atoms with Gasteiger partial charge < -0.3 is 19.1 Å². The molecule has 0 N–H and O–H groups in total. The number of rotatable bonds is 6. The van der Waals surface area contributed by atoms with Crippen molar-refractivity contribution in [2.75, 3.05) is 64.4 Å². The monoisotopic (exact) mass is 422 g/mol. The van der Waals surface area contributed by atoms with E-state index in [9.17, 15) is 4.79 Å². The number of hydrogen-bond donors (Lipinski definition) is 0. The van der Waals surface area contributed by atoms with Gasteiger partial charge in [0, 0.05) is 63.5 Å². The summed E-state index contributed by atoms with van der Waals surface area (Å²) >= 11 is 0. The molecular weight excluding hydrogens is 388 g/mol. The maximum atomic E-state index is 12.2. The number of anilines is 1. The van der Waals surface area contributed by atoms with Crippen molar-refractivity contribution < 1.29 is 4.74 Å². The zero-order chi connectivity index (χ0) is 21.2. The van der Waals surface area contributed by atoms with Gasteiger partial charge in [-0.2, -0.15) is 0 Å². The smallest absolute Gasteiger partial charge is 0.250 e. The first-order valence-corrected chi connectivity index (χ1v) is 11.7. The Labute approximate surface area is 185 Å². The fourth-order valence-corrected chi connectivity index (χ4v) is 5.80. The summed E-state index contributed by atoms with van der Waals surface area (Å²) in [7, 11) is 1.75. The van der Waals surface area contributed by atoms with E-state index >= 15 is 0 Å². The van der Waals surface area contributed by atoms with Crippen molar-refractivity contribution in [3.63, 3.8) is 0 Å². The van der Waals surface area contributed by atoms with E-state index < -0.39 is 0 Å². The third kappa shape index (κ3) is 4.37. The molecule has 31 heavy (non-hydrogen) atoms. The Morgan fingerprint density at radius 2 is 1.71 bits per heavy atom. The lowest BCUT2D eigenvalue weighted by atomic mass is 9.83. The molecule has 5 rings (SSSR count). The lowest BCUT2D eigenvalue weighted by molar-refractivity contribution is 0.114. The van der Waals surface area contributed by atoms with Gasteiger partial charge in [0.05, 0.1) is 12.8 Å². The predicted octanol–water partition coefficient (Wildman–Crippen LogP) is 2.49. The number of piperazine rings is 1. The molecule has 4 heterocycles. The van der Waals surface area contributed by atoms with Crippen molar-refractivity contribution in [1.82, 2.24) is 14.4 Å². The second-order valence-corrected chi connectivity index (χ2v) is 9.31. The van der Waals surface area contributed by atoms with Crippen LogP contribution in [0.25, 0.3) is 0 Å². The molecule has 0 spiro atoms. The molecule has 0 amide bonds. The number of hydrogen-bond acceptors (Lipinski definition) is 5. The number of para-hydroxylation sites is 2. The number of benzene rings is 1. The second kappa shape index (κ2) is 9.05. The highest BCUT2D eigenvalue weighted by Gasteiger charge is 2.34. The van der Waals surface area contributed by atoms with Crippen LogP contribution in [0.1, 0.15) is 24.5 Å². The van der Waals surface area contributed by atoms with Crippen molar-refractivity contribution >= 4 is 5.69 Å². The fourth-order valence-electron chi connectivity index (χ4n) is 5.80. The van der Waals surface area contributed by atoms with Crippen LogP contribution in [-0.4, -0.2) is 73.8 Å². The number of likely N-dealkylation sites (tertiary alicyclic amines) is 1. The number of methoxy groups -OCH3 is 1. The van der Waals surface area contributed by atoms with Gasteiger partial charge in [-0.05, 0) is 50.0 Å². The summed E-state index contributed by atoms with van der Waals surface area (Å²) in [6.45, 7) is 9.80. The van der Waals surface area contributed by atoms with Gasteiger partial charge in [0.1, 0.15) is 5.75 Å². The summed E-state index contributed by atoms with van der Waals surface area (Å²) in [5, 5.41) is 0. The SMILES string of the molecule is COc1ccccc1N1CCN(CCCN2CC3CC(C2)c2cccc(=O)n2C3)CC1. The zero-order valence-electron chi connectivity index (χ0n) is 18.6. The normalized spacial score (nSPS) is 24.1. The molecule has 6 heteroatoms. The van der Waals surface area contributed by atoms with E-state index in [1.165, 1.54) is 30.8 Å². The lowest BCUT2D eigenvalue weighted by Gasteiger charge is -2.43. The molecule has 3 aliphatic heterocycles. The second-order valence-electron chi connectivity index (χ2n) is 9.31. The first-order valence-electron chi connectivity index (χ1n) is 11.7. The molecule has 0 saturated carbocycles. The summed E-state index contributed by atoms with van der Waals surface area (Å²) in [6.07, 6.45) is 2.46. The first-order chi connectivity index (χ1) is 15.2. The predicted molar refractivity (Wildman–Crippen MR) is 124 cm³/mol. The zero-order valence-corrected chi connectivity index (χ0v) is 18.6. The van der Waals surface area contributed by atoms with E-state index in [4.69, 9.17) is 4.74 Å². The van der Waals surface area contributed by atoms with E-state index in [1.54, 1.807) is 13.2 Å². The van der Waals surface area contributed by atoms with Gasteiger partial charge >= 0.3 is 0 Å². The van der Waals surface area contributed by atoms with Crippen molar-refractivity contribution in [2.24, 2.45) is 5.92 Å². The van der Waals surface area contributed by atoms with Gasteiger partial charge in [0.2, 0.25) is 0 Å². The van der Waals surface area contributed by atoms with Gasteiger partial charge in [0.25, 0.3) is 5.56 Å². The highest BCUT2D eigenvalue weighted by atomic mass is 16.5. The highest BCUT2D eigenvalue weighted by molar-refractivity contribution is 5.58. The van der Waals surface area contributed by atoms with Crippen LogP contribution in [0.4, 0.5) is 5.69 Å². The molecule has 2 aromatic rings. The molecule has 2 bridgehead atoms. The number of fused-ring (bicyclic) bond motifs is 4. The van der Waals surface area contributed by atoms with Crippen LogP contribution >= 0.6 is 0 Å². The number of pyridine rings is 1. The molecule has 1 aromatic heterocycles. The quantitative estimate of drug-likeness (QED) is 0.716. The van der Waals surface area contributed by atoms with E-state index in [1.807, 2.05) is 22.8 Å². The largest absolute Gasteiger partial charge is 0.495 e. The Balaban J connectivity index is 1.09. The summed E-state index contributed by atoms with van der Waals surface area (Å²) in [5.74, 6) is 2.11. The molecule has 3 aliphatic rings. The Kier molecular flexibility index (Phi) is 6.01. The number of ether oxygens (including phenoxy) is 1. The average Bonchev–Trinajstić information content (AvgIpc) is 2.80. The third-order valence-electron chi connectivity index (χ3n) is 7.30. The van der Waals surface area contributed by atoms with Crippen LogP contribution in [0.15, 0.2) is 47.3 Å². The lowest BCUT2D eigenvalue weighted by Crippen LogP contribution is -2.49. The maximum absolute atomic E-state index is 12.2. The van der Waals surface area contributed by atoms with Crippen LogP contribution in [0.5, 0.6) is 5.75 Å². The van der Waals surface area contributed by atoms with Crippen molar-refractivity contribution in [2.45, 2.75) is 25.3 Å². The standard InChI is InChI=1S/C25H34N4O2/c1-31-24-8-3-2-6-23(24)28-14-12-26(13-15-28)10-5-11-27-17-20-16-21(19-27)22-7-4-9-25(30)29(22)18-20/h2-4,6-9,20-21H,5,10-19H2,1H3. The van der Waals surface area contributed by atoms with Gasteiger partial charge in [-0.1, -0.05) is 18.2 Å². The van der Waals surface area contributed by atoms with Crippen LogP contribution < -0.4 is 15.2 Å². The summed E-state index contributed by atoms with van der Waals surface area (Å²) in [4.78, 5) is 19.9. The van der Waals surface area contributed by atoms with Crippen LogP contribution in [-0.2, 0) is 6.54 Å². The fraction of sp³-hybridized carbons (Fsp3) is 0.560. The van der Waals surface area contributed by atoms with Crippen molar-refractivity contribution in [1.29, 1.82) is 0 Å². The maximum Gasteiger partial charge on any atom is 0.250 e. The third-order valence-corrected chi connectivity index (χ3v) is 7.30. The first kappa shape index (κ1) is 20.6. The van der Waals surface area contributed by atoms with Gasteiger partial charge in [-0.25, -0.2) is 0 Å². The molecule has 6 nitrogen and oxygen atoms in total. The Morgan fingerprint density at radius 1 is 0.903 bits per heavy atom. The molecule has 2 saturated heterocycles. The molecular formula is C25H34N4O2.